The van der Waals surface area contributed by atoms with Gasteiger partial charge in [-0.25, -0.2) is 13.2 Å². The monoisotopic (exact) mass is 404 g/mol. The molecule has 0 saturated carbocycles. The van der Waals surface area contributed by atoms with Gasteiger partial charge in [0.15, 0.2) is 5.76 Å². The van der Waals surface area contributed by atoms with Crippen LogP contribution < -0.4 is 11.2 Å². The second kappa shape index (κ2) is 7.02. The summed E-state index contributed by atoms with van der Waals surface area (Å²) in [5.41, 5.74) is -0.292. The van der Waals surface area contributed by atoms with Crippen LogP contribution in [0.15, 0.2) is 43.3 Å². The van der Waals surface area contributed by atoms with Crippen LogP contribution in [0.3, 0.4) is 0 Å². The summed E-state index contributed by atoms with van der Waals surface area (Å²) in [7, 11) is -3.89. The van der Waals surface area contributed by atoms with E-state index in [-0.39, 0.29) is 15.8 Å². The Kier molecular flexibility index (Phi) is 4.68. The van der Waals surface area contributed by atoms with Crippen molar-refractivity contribution in [3.63, 3.8) is 0 Å². The minimum Gasteiger partial charge on any atom is -0.359 e. The lowest BCUT2D eigenvalue weighted by molar-refractivity contribution is 0.258. The molecule has 2 N–H and O–H groups in total. The maximum absolute atomic E-state index is 13.4. The van der Waals surface area contributed by atoms with Crippen LogP contribution in [0.4, 0.5) is 0 Å². The largest absolute Gasteiger partial charge is 0.359 e. The standard InChI is InChI=1S/C18H20N4O5S/c1-11-9-16(27-21-11)15-5-3-2-4-8-22(15)28(25,26)12-6-7-14-13(10-12)17(23)20-18(24)19-14/h6-7,9-10,15H,2-5,8H2,1H3,(H2,19,20,23,24)/t15-/m0/s1. The first-order valence-electron chi connectivity index (χ1n) is 9.08. The summed E-state index contributed by atoms with van der Waals surface area (Å²) >= 11 is 0. The van der Waals surface area contributed by atoms with Crippen molar-refractivity contribution in [3.05, 3.63) is 56.6 Å². The van der Waals surface area contributed by atoms with Gasteiger partial charge in [0.1, 0.15) is 0 Å². The van der Waals surface area contributed by atoms with Crippen LogP contribution in [0.1, 0.15) is 43.2 Å². The van der Waals surface area contributed by atoms with E-state index in [9.17, 15) is 18.0 Å². The predicted molar refractivity (Wildman–Crippen MR) is 102 cm³/mol. The molecular formula is C18H20N4O5S. The van der Waals surface area contributed by atoms with E-state index in [4.69, 9.17) is 4.52 Å². The summed E-state index contributed by atoms with van der Waals surface area (Å²) in [6.07, 6.45) is 3.18. The number of H-pyrrole nitrogens is 2. The number of nitrogens with one attached hydrogen (secondary N) is 2. The fourth-order valence-electron chi connectivity index (χ4n) is 3.63. The normalized spacial score (nSPS) is 19.0. The zero-order valence-corrected chi connectivity index (χ0v) is 16.1. The molecule has 1 saturated heterocycles. The van der Waals surface area contributed by atoms with Gasteiger partial charge in [0.25, 0.3) is 5.56 Å². The van der Waals surface area contributed by atoms with Crippen molar-refractivity contribution in [2.75, 3.05) is 6.54 Å². The van der Waals surface area contributed by atoms with Crippen LogP contribution in [0.25, 0.3) is 10.9 Å². The Hall–Kier alpha value is -2.72. The van der Waals surface area contributed by atoms with E-state index in [2.05, 4.69) is 15.1 Å². The van der Waals surface area contributed by atoms with Crippen molar-refractivity contribution in [3.8, 4) is 0 Å². The summed E-state index contributed by atoms with van der Waals surface area (Å²) in [4.78, 5) is 28.1. The number of benzene rings is 1. The molecule has 0 aliphatic carbocycles. The maximum Gasteiger partial charge on any atom is 0.326 e. The second-order valence-electron chi connectivity index (χ2n) is 6.97. The minimum atomic E-state index is -3.89. The molecule has 148 valence electrons. The Morgan fingerprint density at radius 3 is 2.71 bits per heavy atom. The fraction of sp³-hybridized carbons (Fsp3) is 0.389. The van der Waals surface area contributed by atoms with E-state index in [1.54, 1.807) is 13.0 Å². The third kappa shape index (κ3) is 3.29. The Bertz CT molecular complexity index is 1240. The Morgan fingerprint density at radius 1 is 1.14 bits per heavy atom. The van der Waals surface area contributed by atoms with E-state index >= 15 is 0 Å². The third-order valence-electron chi connectivity index (χ3n) is 5.00. The molecule has 1 atom stereocenters. The molecule has 3 heterocycles. The molecule has 0 bridgehead atoms. The van der Waals surface area contributed by atoms with Crippen molar-refractivity contribution in [1.29, 1.82) is 0 Å². The van der Waals surface area contributed by atoms with Crippen LogP contribution in [0.5, 0.6) is 0 Å². The SMILES string of the molecule is Cc1cc([C@@H]2CCCCCN2S(=O)(=O)c2ccc3[nH]c(=O)[nH]c(=O)c3c2)on1. The van der Waals surface area contributed by atoms with Crippen molar-refractivity contribution < 1.29 is 12.9 Å². The fourth-order valence-corrected chi connectivity index (χ4v) is 5.33. The van der Waals surface area contributed by atoms with Gasteiger partial charge < -0.3 is 9.51 Å². The lowest BCUT2D eigenvalue weighted by Gasteiger charge is -2.27. The van der Waals surface area contributed by atoms with Gasteiger partial charge in [-0.3, -0.25) is 9.78 Å². The Labute approximate surface area is 160 Å². The number of hydrogen-bond donors (Lipinski definition) is 2. The van der Waals surface area contributed by atoms with Crippen molar-refractivity contribution in [2.24, 2.45) is 0 Å². The molecule has 1 aromatic carbocycles. The molecule has 28 heavy (non-hydrogen) atoms. The molecular weight excluding hydrogens is 384 g/mol. The van der Waals surface area contributed by atoms with Gasteiger partial charge in [0.05, 0.1) is 27.5 Å². The highest BCUT2D eigenvalue weighted by atomic mass is 32.2. The summed E-state index contributed by atoms with van der Waals surface area (Å²) < 4.78 is 33.7. The van der Waals surface area contributed by atoms with E-state index in [0.717, 1.165) is 19.3 Å². The van der Waals surface area contributed by atoms with Gasteiger partial charge in [-0.05, 0) is 38.0 Å². The molecule has 0 amide bonds. The zero-order valence-electron chi connectivity index (χ0n) is 15.3. The average molecular weight is 404 g/mol. The number of fused-ring (bicyclic) bond motifs is 1. The molecule has 3 aromatic rings. The highest BCUT2D eigenvalue weighted by molar-refractivity contribution is 7.89. The summed E-state index contributed by atoms with van der Waals surface area (Å²) in [5.74, 6) is 0.519. The molecule has 0 unspecified atom stereocenters. The highest BCUT2D eigenvalue weighted by Crippen LogP contribution is 2.35. The van der Waals surface area contributed by atoms with Crippen molar-refractivity contribution in [1.82, 2.24) is 19.4 Å². The van der Waals surface area contributed by atoms with E-state index in [1.165, 1.54) is 22.5 Å². The lowest BCUT2D eigenvalue weighted by Crippen LogP contribution is -2.35. The van der Waals surface area contributed by atoms with Crippen molar-refractivity contribution >= 4 is 20.9 Å². The minimum absolute atomic E-state index is 0.000635. The van der Waals surface area contributed by atoms with Crippen LogP contribution in [0.2, 0.25) is 0 Å². The number of hydrogen-bond acceptors (Lipinski definition) is 6. The van der Waals surface area contributed by atoms with Gasteiger partial charge in [-0.15, -0.1) is 0 Å². The molecule has 0 spiro atoms. The van der Waals surface area contributed by atoms with Crippen molar-refractivity contribution in [2.45, 2.75) is 43.5 Å². The van der Waals surface area contributed by atoms with Crippen LogP contribution in [0, 0.1) is 6.92 Å². The topological polar surface area (TPSA) is 129 Å². The quantitative estimate of drug-likeness (QED) is 0.685. The Morgan fingerprint density at radius 2 is 1.96 bits per heavy atom. The molecule has 10 heteroatoms. The van der Waals surface area contributed by atoms with Gasteiger partial charge in [-0.2, -0.15) is 4.31 Å². The average Bonchev–Trinajstić information content (AvgIpc) is 2.92. The first-order valence-corrected chi connectivity index (χ1v) is 10.5. The lowest BCUT2D eigenvalue weighted by atomic mass is 10.1. The predicted octanol–water partition coefficient (Wildman–Crippen LogP) is 1.82. The van der Waals surface area contributed by atoms with E-state index in [1.807, 2.05) is 0 Å². The van der Waals surface area contributed by atoms with Crippen LogP contribution >= 0.6 is 0 Å². The molecule has 4 rings (SSSR count). The van der Waals surface area contributed by atoms with E-state index < -0.39 is 27.3 Å². The highest BCUT2D eigenvalue weighted by Gasteiger charge is 2.35. The summed E-state index contributed by atoms with van der Waals surface area (Å²) in [6.45, 7) is 2.14. The molecule has 2 aromatic heterocycles. The number of rotatable bonds is 3. The number of nitrogens with zero attached hydrogens (tertiary/aromatic N) is 2. The smallest absolute Gasteiger partial charge is 0.326 e. The number of aromatic nitrogens is 3. The van der Waals surface area contributed by atoms with Gasteiger partial charge in [0.2, 0.25) is 10.0 Å². The van der Waals surface area contributed by atoms with E-state index in [0.29, 0.717) is 24.4 Å². The molecule has 1 aliphatic heterocycles. The molecule has 9 nitrogen and oxygen atoms in total. The zero-order chi connectivity index (χ0) is 19.9. The number of aryl methyl sites for hydroxylation is 1. The first kappa shape index (κ1) is 18.6. The Balaban J connectivity index is 1.82. The third-order valence-corrected chi connectivity index (χ3v) is 6.90. The number of sulfonamides is 1. The second-order valence-corrected chi connectivity index (χ2v) is 8.86. The maximum atomic E-state index is 13.4. The first-order chi connectivity index (χ1) is 13.4. The molecule has 1 fully saturated rings. The molecule has 1 aliphatic rings. The molecule has 0 radical (unpaired) electrons. The number of aromatic amines is 2. The van der Waals surface area contributed by atoms with Gasteiger partial charge in [0, 0.05) is 12.6 Å². The summed E-state index contributed by atoms with van der Waals surface area (Å²) in [6, 6.07) is 5.45. The van der Waals surface area contributed by atoms with Gasteiger partial charge in [-0.1, -0.05) is 18.0 Å². The van der Waals surface area contributed by atoms with Gasteiger partial charge >= 0.3 is 5.69 Å². The van der Waals surface area contributed by atoms with Crippen LogP contribution in [-0.4, -0.2) is 34.4 Å². The van der Waals surface area contributed by atoms with Crippen LogP contribution in [-0.2, 0) is 10.0 Å². The summed E-state index contributed by atoms with van der Waals surface area (Å²) in [5, 5.41) is 4.01.